The Balaban J connectivity index is 1.81. The van der Waals surface area contributed by atoms with Gasteiger partial charge in [0.25, 0.3) is 5.91 Å². The zero-order valence-electron chi connectivity index (χ0n) is 16.1. The summed E-state index contributed by atoms with van der Waals surface area (Å²) in [6, 6.07) is 21.9. The van der Waals surface area contributed by atoms with Crippen molar-refractivity contribution in [3.63, 3.8) is 0 Å². The maximum absolute atomic E-state index is 13.4. The number of nitrogens with zero attached hydrogens (tertiary/aromatic N) is 1. The summed E-state index contributed by atoms with van der Waals surface area (Å²) in [5.74, 6) is -0.193. The van der Waals surface area contributed by atoms with Gasteiger partial charge in [-0.05, 0) is 66.6 Å². The monoisotopic (exact) mass is 433 g/mol. The van der Waals surface area contributed by atoms with Gasteiger partial charge in [0.15, 0.2) is 5.78 Å². The van der Waals surface area contributed by atoms with E-state index in [-0.39, 0.29) is 11.7 Å². The number of hydrogen-bond acceptors (Lipinski definition) is 2. The van der Waals surface area contributed by atoms with Gasteiger partial charge in [0.2, 0.25) is 0 Å². The van der Waals surface area contributed by atoms with E-state index in [0.29, 0.717) is 32.4 Å². The molecule has 3 aromatic rings. The highest BCUT2D eigenvalue weighted by Crippen LogP contribution is 2.36. The molecule has 0 aliphatic carbocycles. The molecule has 3 aromatic carbocycles. The minimum atomic E-state index is -0.171. The topological polar surface area (TPSA) is 37.4 Å². The maximum atomic E-state index is 13.4. The number of carbonyl (C=O) groups excluding carboxylic acids is 2. The van der Waals surface area contributed by atoms with Crippen molar-refractivity contribution < 1.29 is 9.59 Å². The summed E-state index contributed by atoms with van der Waals surface area (Å²) < 4.78 is 0. The SMILES string of the molecule is CC(=O)c1ccc(N2C(=O)/C(=C/c3ccc(Cl)cc3Cl)C=C2c2ccccc2)cc1. The molecule has 0 saturated heterocycles. The molecule has 0 atom stereocenters. The van der Waals surface area contributed by atoms with Crippen LogP contribution in [0.25, 0.3) is 11.8 Å². The molecule has 1 aliphatic rings. The standard InChI is InChI=1S/C25H17Cl2NO2/c1-16(29)17-8-11-22(12-9-17)28-24(18-5-3-2-4-6-18)14-20(25(28)30)13-19-7-10-21(26)15-23(19)27/h2-15H,1H3/b20-13+. The van der Waals surface area contributed by atoms with Gasteiger partial charge in [-0.2, -0.15) is 0 Å². The smallest absolute Gasteiger partial charge is 0.262 e. The molecular weight excluding hydrogens is 417 g/mol. The van der Waals surface area contributed by atoms with E-state index >= 15 is 0 Å². The molecule has 1 heterocycles. The number of ketones is 1. The van der Waals surface area contributed by atoms with Crippen molar-refractivity contribution in [2.75, 3.05) is 4.90 Å². The van der Waals surface area contributed by atoms with Crippen molar-refractivity contribution in [2.45, 2.75) is 6.92 Å². The molecule has 0 fully saturated rings. The molecule has 0 radical (unpaired) electrons. The maximum Gasteiger partial charge on any atom is 0.262 e. The predicted octanol–water partition coefficient (Wildman–Crippen LogP) is 6.67. The molecule has 1 amide bonds. The summed E-state index contributed by atoms with van der Waals surface area (Å²) in [5.41, 5.74) is 4.17. The summed E-state index contributed by atoms with van der Waals surface area (Å²) >= 11 is 12.3. The molecule has 0 aromatic heterocycles. The van der Waals surface area contributed by atoms with Crippen LogP contribution in [0.4, 0.5) is 5.69 Å². The summed E-state index contributed by atoms with van der Waals surface area (Å²) in [4.78, 5) is 26.6. The van der Waals surface area contributed by atoms with Crippen LogP contribution in [0.15, 0.2) is 84.4 Å². The van der Waals surface area contributed by atoms with Crippen molar-refractivity contribution in [1.29, 1.82) is 0 Å². The fourth-order valence-corrected chi connectivity index (χ4v) is 3.79. The second-order valence-corrected chi connectivity index (χ2v) is 7.75. The average Bonchev–Trinajstić information content (AvgIpc) is 3.07. The van der Waals surface area contributed by atoms with Crippen LogP contribution in [-0.2, 0) is 4.79 Å². The van der Waals surface area contributed by atoms with Crippen molar-refractivity contribution >= 4 is 52.4 Å². The minimum absolute atomic E-state index is 0.0221. The third kappa shape index (κ3) is 3.95. The molecule has 148 valence electrons. The largest absolute Gasteiger partial charge is 0.295 e. The molecular formula is C25H17Cl2NO2. The van der Waals surface area contributed by atoms with Crippen LogP contribution < -0.4 is 4.90 Å². The Kier molecular flexibility index (Phi) is 5.58. The zero-order valence-corrected chi connectivity index (χ0v) is 17.6. The third-order valence-electron chi connectivity index (χ3n) is 4.86. The first-order valence-electron chi connectivity index (χ1n) is 9.33. The van der Waals surface area contributed by atoms with E-state index in [4.69, 9.17) is 23.2 Å². The van der Waals surface area contributed by atoms with E-state index in [9.17, 15) is 9.59 Å². The number of amides is 1. The van der Waals surface area contributed by atoms with Crippen molar-refractivity contribution in [2.24, 2.45) is 0 Å². The van der Waals surface area contributed by atoms with E-state index in [1.54, 1.807) is 53.4 Å². The Morgan fingerprint density at radius 1 is 0.933 bits per heavy atom. The highest BCUT2D eigenvalue weighted by molar-refractivity contribution is 6.35. The highest BCUT2D eigenvalue weighted by atomic mass is 35.5. The van der Waals surface area contributed by atoms with E-state index in [0.717, 1.165) is 11.3 Å². The molecule has 0 saturated carbocycles. The number of rotatable bonds is 4. The lowest BCUT2D eigenvalue weighted by Gasteiger charge is -2.21. The fraction of sp³-hybridized carbons (Fsp3) is 0.0400. The lowest BCUT2D eigenvalue weighted by Crippen LogP contribution is -2.25. The summed E-state index contributed by atoms with van der Waals surface area (Å²) in [6.07, 6.45) is 3.61. The Morgan fingerprint density at radius 2 is 1.63 bits per heavy atom. The van der Waals surface area contributed by atoms with Crippen LogP contribution in [0.5, 0.6) is 0 Å². The van der Waals surface area contributed by atoms with Gasteiger partial charge in [-0.15, -0.1) is 0 Å². The van der Waals surface area contributed by atoms with Crippen LogP contribution in [0, 0.1) is 0 Å². The van der Waals surface area contributed by atoms with Crippen molar-refractivity contribution in [3.05, 3.63) is 111 Å². The van der Waals surface area contributed by atoms with Crippen LogP contribution in [-0.4, -0.2) is 11.7 Å². The van der Waals surface area contributed by atoms with Gasteiger partial charge in [0.05, 0.1) is 5.70 Å². The molecule has 4 rings (SSSR count). The van der Waals surface area contributed by atoms with E-state index in [1.807, 2.05) is 36.4 Å². The van der Waals surface area contributed by atoms with Gasteiger partial charge in [-0.25, -0.2) is 0 Å². The third-order valence-corrected chi connectivity index (χ3v) is 5.42. The fourth-order valence-electron chi connectivity index (χ4n) is 3.32. The molecule has 1 aliphatic heterocycles. The second-order valence-electron chi connectivity index (χ2n) is 6.90. The number of anilines is 1. The Labute approximate surface area is 184 Å². The molecule has 0 N–H and O–H groups in total. The molecule has 5 heteroatoms. The van der Waals surface area contributed by atoms with Crippen molar-refractivity contribution in [3.8, 4) is 0 Å². The van der Waals surface area contributed by atoms with Crippen LogP contribution >= 0.6 is 23.2 Å². The first kappa shape index (κ1) is 20.1. The number of benzene rings is 3. The Hall–Kier alpha value is -3.14. The summed E-state index contributed by atoms with van der Waals surface area (Å²) in [5, 5.41) is 1.01. The average molecular weight is 434 g/mol. The number of hydrogen-bond donors (Lipinski definition) is 0. The molecule has 30 heavy (non-hydrogen) atoms. The first-order valence-corrected chi connectivity index (χ1v) is 10.1. The number of carbonyl (C=O) groups is 2. The predicted molar refractivity (Wildman–Crippen MR) is 123 cm³/mol. The van der Waals surface area contributed by atoms with Crippen molar-refractivity contribution in [1.82, 2.24) is 0 Å². The van der Waals surface area contributed by atoms with Crippen LogP contribution in [0.3, 0.4) is 0 Å². The molecule has 3 nitrogen and oxygen atoms in total. The minimum Gasteiger partial charge on any atom is -0.295 e. The van der Waals surface area contributed by atoms with Crippen LogP contribution in [0.1, 0.15) is 28.4 Å². The normalized spacial score (nSPS) is 14.9. The number of Topliss-reactive ketones (excluding diaryl/α,β-unsaturated/α-hetero) is 1. The van der Waals surface area contributed by atoms with E-state index in [2.05, 4.69) is 0 Å². The van der Waals surface area contributed by atoms with Gasteiger partial charge >= 0.3 is 0 Å². The Morgan fingerprint density at radius 3 is 2.27 bits per heavy atom. The van der Waals surface area contributed by atoms with Crippen LogP contribution in [0.2, 0.25) is 10.0 Å². The molecule has 0 bridgehead atoms. The molecule has 0 spiro atoms. The highest BCUT2D eigenvalue weighted by Gasteiger charge is 2.30. The summed E-state index contributed by atoms with van der Waals surface area (Å²) in [7, 11) is 0. The van der Waals surface area contributed by atoms with Gasteiger partial charge in [0.1, 0.15) is 0 Å². The Bertz CT molecular complexity index is 1200. The van der Waals surface area contributed by atoms with E-state index < -0.39 is 0 Å². The lowest BCUT2D eigenvalue weighted by molar-refractivity contribution is -0.113. The second kappa shape index (κ2) is 8.31. The van der Waals surface area contributed by atoms with E-state index in [1.165, 1.54) is 6.92 Å². The quantitative estimate of drug-likeness (QED) is 0.340. The van der Waals surface area contributed by atoms with Gasteiger partial charge in [-0.1, -0.05) is 59.6 Å². The van der Waals surface area contributed by atoms with Gasteiger partial charge in [0, 0.05) is 26.9 Å². The summed E-state index contributed by atoms with van der Waals surface area (Å²) in [6.45, 7) is 1.52. The van der Waals surface area contributed by atoms with Gasteiger partial charge < -0.3 is 0 Å². The number of halogens is 2. The first-order chi connectivity index (χ1) is 14.4. The lowest BCUT2D eigenvalue weighted by atomic mass is 10.1. The molecule has 0 unspecified atom stereocenters. The van der Waals surface area contributed by atoms with Gasteiger partial charge in [-0.3, -0.25) is 14.5 Å². The zero-order chi connectivity index (χ0) is 21.3.